The molecule has 0 rings (SSSR count). The molecule has 0 fully saturated rings. The molecule has 0 heterocycles. The van der Waals surface area contributed by atoms with Crippen LogP contribution in [0.25, 0.3) is 0 Å². The molecule has 0 aromatic carbocycles. The van der Waals surface area contributed by atoms with Crippen molar-refractivity contribution in [3.05, 3.63) is 0 Å². The molecular formula is C5H9NaO5S. The van der Waals surface area contributed by atoms with Crippen molar-refractivity contribution in [2.45, 2.75) is 13.3 Å². The first-order chi connectivity index (χ1) is 5.27. The average Bonchev–Trinajstić information content (AvgIpc) is 1.96. The summed E-state index contributed by atoms with van der Waals surface area (Å²) < 4.78 is 8.56. The first-order valence-electron chi connectivity index (χ1n) is 2.99. The molecule has 12 heavy (non-hydrogen) atoms. The van der Waals surface area contributed by atoms with Crippen molar-refractivity contribution in [2.24, 2.45) is 0 Å². The van der Waals surface area contributed by atoms with E-state index in [-0.39, 0.29) is 35.5 Å². The average molecular weight is 204 g/mol. The maximum Gasteiger partial charge on any atom is 1.00 e. The normalized spacial score (nSPS) is 8.83. The fraction of sp³-hybridized carbons (Fsp3) is 0.800. The van der Waals surface area contributed by atoms with Crippen molar-refractivity contribution >= 4 is 18.0 Å². The maximum atomic E-state index is 10.2. The first kappa shape index (κ1) is 15.2. The van der Waals surface area contributed by atoms with Gasteiger partial charge in [0, 0.05) is 24.7 Å². The fourth-order valence-corrected chi connectivity index (χ4v) is 0.730. The van der Waals surface area contributed by atoms with Gasteiger partial charge >= 0.3 is 35.5 Å². The van der Waals surface area contributed by atoms with Crippen LogP contribution in [0.5, 0.6) is 0 Å². The van der Waals surface area contributed by atoms with Gasteiger partial charge in [-0.2, -0.15) is 4.33 Å². The quantitative estimate of drug-likeness (QED) is 0.113. The minimum Gasteiger partial charge on any atom is -0.691 e. The Kier molecular flexibility index (Phi) is 14.8. The molecule has 66 valence electrons. The zero-order valence-corrected chi connectivity index (χ0v) is 9.89. The molecule has 0 aromatic heterocycles. The van der Waals surface area contributed by atoms with Gasteiger partial charge in [0.25, 0.3) is 0 Å². The summed E-state index contributed by atoms with van der Waals surface area (Å²) in [7, 11) is 0. The number of esters is 1. The zero-order valence-electron chi connectivity index (χ0n) is 7.07. The van der Waals surface area contributed by atoms with Crippen molar-refractivity contribution in [2.75, 3.05) is 12.4 Å². The number of ether oxygens (including phenoxy) is 1. The Morgan fingerprint density at radius 3 is 2.75 bits per heavy atom. The molecule has 0 saturated heterocycles. The number of rotatable bonds is 6. The van der Waals surface area contributed by atoms with Crippen LogP contribution in [0.2, 0.25) is 0 Å². The molecule has 0 N–H and O–H groups in total. The van der Waals surface area contributed by atoms with Crippen LogP contribution in [0.3, 0.4) is 0 Å². The van der Waals surface area contributed by atoms with Gasteiger partial charge in [-0.25, -0.2) is 0 Å². The van der Waals surface area contributed by atoms with Gasteiger partial charge in [-0.1, -0.05) is 0 Å². The van der Waals surface area contributed by atoms with Gasteiger partial charge < -0.3 is 9.99 Å². The van der Waals surface area contributed by atoms with E-state index in [1.807, 2.05) is 0 Å². The summed E-state index contributed by atoms with van der Waals surface area (Å²) in [5.74, 6) is 0.242. The van der Waals surface area contributed by atoms with Crippen molar-refractivity contribution in [3.8, 4) is 0 Å². The molecule has 0 aliphatic heterocycles. The minimum absolute atomic E-state index is 0. The standard InChI is InChI=1S/C5H10O5S.Na/c1-5(6)8-3-2-4-11-10-9-7;/h7H,2-4H2,1H3;/q;+1/p-1. The van der Waals surface area contributed by atoms with Crippen LogP contribution in [0, 0.1) is 0 Å². The second-order valence-corrected chi connectivity index (χ2v) is 2.43. The van der Waals surface area contributed by atoms with Crippen LogP contribution < -0.4 is 34.8 Å². The molecule has 5 nitrogen and oxygen atoms in total. The topological polar surface area (TPSA) is 67.8 Å². The molecule has 0 amide bonds. The summed E-state index contributed by atoms with van der Waals surface area (Å²) in [4.78, 5) is 10.2. The van der Waals surface area contributed by atoms with Crippen LogP contribution in [-0.4, -0.2) is 18.3 Å². The molecule has 0 unspecified atom stereocenters. The second kappa shape index (κ2) is 11.7. The van der Waals surface area contributed by atoms with E-state index in [0.29, 0.717) is 18.8 Å². The number of hydrogen-bond acceptors (Lipinski definition) is 6. The van der Waals surface area contributed by atoms with Crippen molar-refractivity contribution < 1.29 is 53.7 Å². The van der Waals surface area contributed by atoms with Gasteiger partial charge in [0.15, 0.2) is 0 Å². The zero-order chi connectivity index (χ0) is 8.53. The Morgan fingerprint density at radius 1 is 1.58 bits per heavy atom. The third kappa shape index (κ3) is 13.3. The molecule has 0 radical (unpaired) electrons. The molecule has 0 saturated carbocycles. The summed E-state index contributed by atoms with van der Waals surface area (Å²) in [6.07, 6.45) is 0.633. The van der Waals surface area contributed by atoms with E-state index in [2.05, 4.69) is 14.1 Å². The largest absolute Gasteiger partial charge is 1.00 e. The molecule has 0 aliphatic rings. The molecule has 7 heteroatoms. The van der Waals surface area contributed by atoms with Crippen molar-refractivity contribution in [3.63, 3.8) is 0 Å². The van der Waals surface area contributed by atoms with Crippen molar-refractivity contribution in [1.29, 1.82) is 0 Å². The van der Waals surface area contributed by atoms with E-state index in [0.717, 1.165) is 12.0 Å². The Bertz CT molecular complexity index is 112. The summed E-state index contributed by atoms with van der Waals surface area (Å²) in [5, 5.41) is 12.3. The van der Waals surface area contributed by atoms with Crippen LogP contribution in [0.1, 0.15) is 13.3 Å². The predicted octanol–water partition coefficient (Wildman–Crippen LogP) is -3.18. The van der Waals surface area contributed by atoms with Crippen molar-refractivity contribution in [1.82, 2.24) is 0 Å². The second-order valence-electron chi connectivity index (χ2n) is 1.65. The summed E-state index contributed by atoms with van der Waals surface area (Å²) in [5.41, 5.74) is 0. The molecular weight excluding hydrogens is 195 g/mol. The summed E-state index contributed by atoms with van der Waals surface area (Å²) in [6, 6.07) is 0. The Balaban J connectivity index is 0. The van der Waals surface area contributed by atoms with Crippen LogP contribution >= 0.6 is 12.0 Å². The third-order valence-corrected chi connectivity index (χ3v) is 1.36. The Hall–Kier alpha value is 0.700. The van der Waals surface area contributed by atoms with Gasteiger partial charge in [0.1, 0.15) is 0 Å². The van der Waals surface area contributed by atoms with Crippen LogP contribution in [-0.2, 0) is 18.9 Å². The smallest absolute Gasteiger partial charge is 0.691 e. The monoisotopic (exact) mass is 204 g/mol. The van der Waals surface area contributed by atoms with Gasteiger partial charge in [0.2, 0.25) is 0 Å². The fourth-order valence-electron chi connectivity index (χ4n) is 0.387. The van der Waals surface area contributed by atoms with E-state index in [1.165, 1.54) is 6.92 Å². The van der Waals surface area contributed by atoms with Gasteiger partial charge in [-0.15, -0.1) is 0 Å². The Labute approximate surface area is 97.1 Å². The molecule has 0 bridgehead atoms. The number of carbonyl (C=O) groups is 1. The van der Waals surface area contributed by atoms with Gasteiger partial charge in [-0.3, -0.25) is 9.83 Å². The Morgan fingerprint density at radius 2 is 2.25 bits per heavy atom. The minimum atomic E-state index is -0.309. The molecule has 0 aromatic rings. The van der Waals surface area contributed by atoms with Gasteiger partial charge in [-0.05, 0) is 6.42 Å². The maximum absolute atomic E-state index is 10.2. The van der Waals surface area contributed by atoms with E-state index in [4.69, 9.17) is 0 Å². The third-order valence-electron chi connectivity index (χ3n) is 0.753. The summed E-state index contributed by atoms with van der Waals surface area (Å²) >= 11 is 0.879. The molecule has 0 atom stereocenters. The van der Waals surface area contributed by atoms with Crippen LogP contribution in [0.15, 0.2) is 0 Å². The van der Waals surface area contributed by atoms with Gasteiger partial charge in [0.05, 0.1) is 6.61 Å². The summed E-state index contributed by atoms with van der Waals surface area (Å²) in [6.45, 7) is 1.68. The first-order valence-corrected chi connectivity index (χ1v) is 3.90. The van der Waals surface area contributed by atoms with E-state index in [9.17, 15) is 10.1 Å². The van der Waals surface area contributed by atoms with Crippen LogP contribution in [0.4, 0.5) is 0 Å². The number of hydrogen-bond donors (Lipinski definition) is 0. The number of carbonyl (C=O) groups excluding carboxylic acids is 1. The van der Waals surface area contributed by atoms with E-state index >= 15 is 0 Å². The molecule has 0 spiro atoms. The SMILES string of the molecule is CC(=O)OCCCSOO[O-].[Na+]. The van der Waals surface area contributed by atoms with E-state index < -0.39 is 0 Å². The molecule has 0 aliphatic carbocycles. The predicted molar refractivity (Wildman–Crippen MR) is 35.9 cm³/mol. The van der Waals surface area contributed by atoms with E-state index in [1.54, 1.807) is 0 Å².